The van der Waals surface area contributed by atoms with E-state index in [-0.39, 0.29) is 0 Å². The molecule has 114 valence electrons. The Morgan fingerprint density at radius 1 is 0.957 bits per heavy atom. The Hall–Kier alpha value is -1.88. The largest absolute Gasteiger partial charge is 0.317 e. The van der Waals surface area contributed by atoms with Crippen LogP contribution < -0.4 is 4.57 Å². The van der Waals surface area contributed by atoms with Gasteiger partial charge >= 0.3 is 3.83 Å². The summed E-state index contributed by atoms with van der Waals surface area (Å²) in [6.07, 6.45) is 4.34. The minimum atomic E-state index is 0.896. The van der Waals surface area contributed by atoms with E-state index < -0.39 is 0 Å². The van der Waals surface area contributed by atoms with E-state index in [0.717, 1.165) is 13.1 Å². The molecule has 0 aliphatic heterocycles. The summed E-state index contributed by atoms with van der Waals surface area (Å²) >= 11 is 2.44. The van der Waals surface area contributed by atoms with Gasteiger partial charge in [-0.15, -0.1) is 0 Å². The summed E-state index contributed by atoms with van der Waals surface area (Å²) < 4.78 is 5.87. The van der Waals surface area contributed by atoms with Crippen LogP contribution in [0, 0.1) is 3.83 Å². The van der Waals surface area contributed by atoms with Gasteiger partial charge in [0.25, 0.3) is 0 Å². The van der Waals surface area contributed by atoms with Crippen molar-refractivity contribution in [2.24, 2.45) is 0 Å². The van der Waals surface area contributed by atoms with E-state index in [0.29, 0.717) is 0 Å². The minimum absolute atomic E-state index is 0.896. The third-order valence-electron chi connectivity index (χ3n) is 4.45. The Kier molecular flexibility index (Phi) is 3.81. The Labute approximate surface area is 149 Å². The maximum Gasteiger partial charge on any atom is 0.317 e. The fraction of sp³-hybridized carbons (Fsp3) is 0.150. The van der Waals surface area contributed by atoms with Crippen molar-refractivity contribution < 1.29 is 4.57 Å². The van der Waals surface area contributed by atoms with Crippen LogP contribution in [-0.2, 0) is 13.1 Å². The number of hydrogen-bond donors (Lipinski definition) is 0. The topological polar surface area (TPSA) is 8.81 Å². The molecule has 0 aliphatic carbocycles. The lowest BCUT2D eigenvalue weighted by molar-refractivity contribution is -0.700. The Bertz CT molecular complexity index is 947. The van der Waals surface area contributed by atoms with E-state index in [9.17, 15) is 0 Å². The van der Waals surface area contributed by atoms with E-state index >= 15 is 0 Å². The minimum Gasteiger partial charge on any atom is -0.226 e. The highest BCUT2D eigenvalue weighted by atomic mass is 127. The van der Waals surface area contributed by atoms with Crippen LogP contribution in [0.2, 0.25) is 0 Å². The van der Waals surface area contributed by atoms with Gasteiger partial charge in [-0.3, -0.25) is 0 Å². The van der Waals surface area contributed by atoms with Gasteiger partial charge in [0, 0.05) is 5.56 Å². The molecule has 3 aromatic carbocycles. The van der Waals surface area contributed by atoms with Crippen LogP contribution in [0.15, 0.2) is 67.0 Å². The first-order chi connectivity index (χ1) is 11.3. The molecule has 0 bridgehead atoms. The quantitative estimate of drug-likeness (QED) is 0.260. The summed E-state index contributed by atoms with van der Waals surface area (Å²) in [6, 6.07) is 19.7. The summed E-state index contributed by atoms with van der Waals surface area (Å²) in [4.78, 5) is 0. The zero-order valence-corrected chi connectivity index (χ0v) is 15.2. The molecule has 2 nitrogen and oxygen atoms in total. The standard InChI is InChI=1S/C20H18IN2/c1-2-22-11-12-23(20(22)21)14-19-17-9-5-3-7-15(17)13-16-8-4-6-10-18(16)19/h3-13H,2,14H2,1H3/q+1. The number of aromatic nitrogens is 2. The van der Waals surface area contributed by atoms with E-state index in [4.69, 9.17) is 0 Å². The first-order valence-corrected chi connectivity index (χ1v) is 8.99. The van der Waals surface area contributed by atoms with Crippen molar-refractivity contribution in [3.05, 3.63) is 76.4 Å². The molecule has 1 heterocycles. The van der Waals surface area contributed by atoms with Crippen LogP contribution in [0.3, 0.4) is 0 Å². The number of nitrogens with zero attached hydrogens (tertiary/aromatic N) is 2. The summed E-state index contributed by atoms with van der Waals surface area (Å²) in [5, 5.41) is 5.32. The summed E-state index contributed by atoms with van der Waals surface area (Å²) in [5.74, 6) is 0. The normalized spacial score (nSPS) is 11.4. The number of hydrogen-bond acceptors (Lipinski definition) is 0. The molecule has 4 rings (SSSR count). The number of aryl methyl sites for hydroxylation is 1. The second kappa shape index (κ2) is 5.96. The Morgan fingerprint density at radius 2 is 1.57 bits per heavy atom. The van der Waals surface area contributed by atoms with Gasteiger partial charge in [0.2, 0.25) is 0 Å². The van der Waals surface area contributed by atoms with Crippen LogP contribution in [0.5, 0.6) is 0 Å². The predicted molar refractivity (Wildman–Crippen MR) is 104 cm³/mol. The third-order valence-corrected chi connectivity index (χ3v) is 5.69. The zero-order chi connectivity index (χ0) is 15.8. The van der Waals surface area contributed by atoms with Gasteiger partial charge in [-0.05, 0) is 34.5 Å². The molecule has 0 atom stereocenters. The molecule has 0 amide bonds. The molecule has 0 aliphatic rings. The van der Waals surface area contributed by atoms with Crippen molar-refractivity contribution in [3.8, 4) is 0 Å². The molecule has 0 fully saturated rings. The number of imidazole rings is 1. The van der Waals surface area contributed by atoms with Crippen molar-refractivity contribution in [1.29, 1.82) is 0 Å². The third kappa shape index (κ3) is 2.53. The van der Waals surface area contributed by atoms with Gasteiger partial charge in [0.15, 0.2) is 0 Å². The molecule has 0 saturated heterocycles. The molecule has 0 radical (unpaired) electrons. The van der Waals surface area contributed by atoms with Crippen molar-refractivity contribution in [2.45, 2.75) is 20.0 Å². The molecule has 1 aromatic heterocycles. The lowest BCUT2D eigenvalue weighted by Gasteiger charge is -2.10. The monoisotopic (exact) mass is 413 g/mol. The van der Waals surface area contributed by atoms with E-state index in [1.165, 1.54) is 30.9 Å². The maximum atomic E-state index is 2.44. The lowest BCUT2D eigenvalue weighted by Crippen LogP contribution is -2.36. The molecular formula is C20H18IN2+. The van der Waals surface area contributed by atoms with Gasteiger partial charge in [-0.2, -0.15) is 0 Å². The molecule has 0 unspecified atom stereocenters. The SMILES string of the molecule is CCn1cc[n+](Cc2c3ccccc3cc3ccccc23)c1I. The first-order valence-electron chi connectivity index (χ1n) is 7.91. The van der Waals surface area contributed by atoms with Crippen LogP contribution >= 0.6 is 22.6 Å². The van der Waals surface area contributed by atoms with E-state index in [2.05, 4.69) is 106 Å². The number of rotatable bonds is 3. The predicted octanol–water partition coefficient (Wildman–Crippen LogP) is 4.75. The smallest absolute Gasteiger partial charge is 0.226 e. The average Bonchev–Trinajstić information content (AvgIpc) is 2.94. The van der Waals surface area contributed by atoms with E-state index in [1.807, 2.05) is 0 Å². The maximum absolute atomic E-state index is 2.44. The van der Waals surface area contributed by atoms with E-state index in [1.54, 1.807) is 0 Å². The van der Waals surface area contributed by atoms with Gasteiger partial charge in [-0.1, -0.05) is 48.5 Å². The fourth-order valence-electron chi connectivity index (χ4n) is 3.25. The molecule has 3 heteroatoms. The average molecular weight is 413 g/mol. The van der Waals surface area contributed by atoms with Crippen molar-refractivity contribution in [2.75, 3.05) is 0 Å². The van der Waals surface area contributed by atoms with Gasteiger partial charge in [-0.25, -0.2) is 9.13 Å². The van der Waals surface area contributed by atoms with Crippen molar-refractivity contribution in [1.82, 2.24) is 4.57 Å². The number of fused-ring (bicyclic) bond motifs is 2. The molecule has 4 aromatic rings. The first kappa shape index (κ1) is 14.7. The van der Waals surface area contributed by atoms with Crippen LogP contribution in [-0.4, -0.2) is 4.57 Å². The summed E-state index contributed by atoms with van der Waals surface area (Å²) in [7, 11) is 0. The van der Waals surface area contributed by atoms with Gasteiger partial charge in [0.1, 0.15) is 18.9 Å². The summed E-state index contributed by atoms with van der Waals surface area (Å²) in [5.41, 5.74) is 1.40. The lowest BCUT2D eigenvalue weighted by atomic mass is 9.97. The Balaban J connectivity index is 1.97. The highest BCUT2D eigenvalue weighted by Gasteiger charge is 2.16. The number of benzene rings is 3. The van der Waals surface area contributed by atoms with Crippen LogP contribution in [0.25, 0.3) is 21.5 Å². The summed E-state index contributed by atoms with van der Waals surface area (Å²) in [6.45, 7) is 4.08. The molecule has 0 spiro atoms. The Morgan fingerprint density at radius 3 is 2.13 bits per heavy atom. The molecule has 0 N–H and O–H groups in total. The second-order valence-electron chi connectivity index (χ2n) is 5.78. The van der Waals surface area contributed by atoms with Gasteiger partial charge in [0.05, 0.1) is 29.1 Å². The molecular weight excluding hydrogens is 395 g/mol. The molecule has 0 saturated carbocycles. The fourth-order valence-corrected chi connectivity index (χ4v) is 4.08. The van der Waals surface area contributed by atoms with Crippen LogP contribution in [0.1, 0.15) is 12.5 Å². The highest BCUT2D eigenvalue weighted by Crippen LogP contribution is 2.28. The van der Waals surface area contributed by atoms with Crippen molar-refractivity contribution in [3.63, 3.8) is 0 Å². The molecule has 23 heavy (non-hydrogen) atoms. The zero-order valence-electron chi connectivity index (χ0n) is 13.0. The van der Waals surface area contributed by atoms with Gasteiger partial charge < -0.3 is 0 Å². The number of halogens is 1. The second-order valence-corrected chi connectivity index (χ2v) is 6.74. The highest BCUT2D eigenvalue weighted by molar-refractivity contribution is 14.1. The van der Waals surface area contributed by atoms with Crippen molar-refractivity contribution >= 4 is 44.1 Å². The van der Waals surface area contributed by atoms with Crippen LogP contribution in [0.4, 0.5) is 0 Å².